The molecule has 1 aliphatic carbocycles. The number of carbonyl (C=O) groups is 1. The number of nitrogens with zero attached hydrogens (tertiary/aromatic N) is 3. The number of aromatic amines is 1. The maximum atomic E-state index is 14.0. The van der Waals surface area contributed by atoms with E-state index in [1.165, 1.54) is 5.56 Å². The first-order valence-electron chi connectivity index (χ1n) is 11.6. The van der Waals surface area contributed by atoms with Crippen LogP contribution in [-0.4, -0.2) is 39.4 Å². The number of likely N-dealkylation sites (tertiary alicyclic amines) is 1. The first-order chi connectivity index (χ1) is 16.5. The zero-order chi connectivity index (χ0) is 23.4. The largest absolute Gasteiger partial charge is 0.497 e. The number of aryl methyl sites for hydroxylation is 1. The van der Waals surface area contributed by atoms with Crippen LogP contribution in [0.5, 0.6) is 5.75 Å². The zero-order valence-corrected chi connectivity index (χ0v) is 20.1. The Kier molecular flexibility index (Phi) is 5.03. The van der Waals surface area contributed by atoms with Crippen LogP contribution >= 0.6 is 11.3 Å². The molecule has 172 valence electrons. The summed E-state index contributed by atoms with van der Waals surface area (Å²) < 4.78 is 5.35. The summed E-state index contributed by atoms with van der Waals surface area (Å²) in [6.45, 7) is 6.78. The van der Waals surface area contributed by atoms with Crippen LogP contribution in [-0.2, 0) is 0 Å². The standard InChI is InChI=1S/C27H26N4O2S/c1-15-4-6-17(7-5-15)24-23(30-26(34-24)18-8-9-18)27(32)31-14-16(2)12-22(31)25-28-20-11-10-19(33-3)13-21(20)29-25/h4-7,10-11,13,18,22H,2,8-9,12,14H2,1,3H3,(H,28,29)/t22-/m0/s1. The molecule has 1 saturated carbocycles. The van der Waals surface area contributed by atoms with E-state index in [0.29, 0.717) is 24.6 Å². The molecule has 2 aromatic carbocycles. The van der Waals surface area contributed by atoms with Crippen molar-refractivity contribution in [2.24, 2.45) is 0 Å². The van der Waals surface area contributed by atoms with Crippen molar-refractivity contribution < 1.29 is 9.53 Å². The van der Waals surface area contributed by atoms with Crippen LogP contribution in [0, 0.1) is 6.92 Å². The molecule has 3 heterocycles. The smallest absolute Gasteiger partial charge is 0.274 e. The lowest BCUT2D eigenvalue weighted by atomic mass is 10.1. The van der Waals surface area contributed by atoms with E-state index < -0.39 is 0 Å². The number of fused-ring (bicyclic) bond motifs is 1. The van der Waals surface area contributed by atoms with Crippen LogP contribution in [0.25, 0.3) is 21.5 Å². The van der Waals surface area contributed by atoms with Crippen molar-refractivity contribution in [3.63, 3.8) is 0 Å². The van der Waals surface area contributed by atoms with Gasteiger partial charge in [-0.3, -0.25) is 4.79 Å². The van der Waals surface area contributed by atoms with E-state index in [4.69, 9.17) is 14.7 Å². The van der Waals surface area contributed by atoms with Gasteiger partial charge in [-0.05, 0) is 43.9 Å². The molecule has 0 unspecified atom stereocenters. The third-order valence-electron chi connectivity index (χ3n) is 6.62. The second-order valence-electron chi connectivity index (χ2n) is 9.28. The predicted molar refractivity (Wildman–Crippen MR) is 134 cm³/mol. The average molecular weight is 471 g/mol. The summed E-state index contributed by atoms with van der Waals surface area (Å²) in [5.74, 6) is 1.97. The van der Waals surface area contributed by atoms with Crippen molar-refractivity contribution >= 4 is 28.3 Å². The first kappa shape index (κ1) is 21.1. The highest BCUT2D eigenvalue weighted by Crippen LogP contribution is 2.46. The number of carbonyl (C=O) groups excluding carboxylic acids is 1. The zero-order valence-electron chi connectivity index (χ0n) is 19.3. The second kappa shape index (κ2) is 8.09. The first-order valence-corrected chi connectivity index (χ1v) is 12.4. The Balaban J connectivity index is 1.38. The van der Waals surface area contributed by atoms with Gasteiger partial charge in [0.15, 0.2) is 0 Å². The van der Waals surface area contributed by atoms with E-state index in [-0.39, 0.29) is 11.9 Å². The van der Waals surface area contributed by atoms with Crippen LogP contribution in [0.1, 0.15) is 58.1 Å². The highest BCUT2D eigenvalue weighted by atomic mass is 32.1. The molecule has 0 radical (unpaired) electrons. The quantitative estimate of drug-likeness (QED) is 0.362. The monoisotopic (exact) mass is 470 g/mol. The van der Waals surface area contributed by atoms with Crippen LogP contribution in [0.15, 0.2) is 54.6 Å². The van der Waals surface area contributed by atoms with Gasteiger partial charge in [-0.25, -0.2) is 9.97 Å². The highest BCUT2D eigenvalue weighted by Gasteiger charge is 2.38. The molecule has 34 heavy (non-hydrogen) atoms. The number of hydrogen-bond acceptors (Lipinski definition) is 5. The third kappa shape index (κ3) is 3.70. The molecule has 2 aliphatic rings. The maximum Gasteiger partial charge on any atom is 0.274 e. The number of H-pyrrole nitrogens is 1. The molecule has 6 rings (SSSR count). The molecule has 1 saturated heterocycles. The fourth-order valence-electron chi connectivity index (χ4n) is 4.57. The average Bonchev–Trinajstić information content (AvgIpc) is 3.27. The fraction of sp³-hybridized carbons (Fsp3) is 0.296. The van der Waals surface area contributed by atoms with Crippen LogP contribution in [0.3, 0.4) is 0 Å². The topological polar surface area (TPSA) is 71.1 Å². The molecule has 4 aromatic rings. The molecule has 0 spiro atoms. The summed E-state index contributed by atoms with van der Waals surface area (Å²) in [6, 6.07) is 13.9. The van der Waals surface area contributed by atoms with Crippen molar-refractivity contribution in [1.82, 2.24) is 19.9 Å². The van der Waals surface area contributed by atoms with Gasteiger partial charge < -0.3 is 14.6 Å². The number of ether oxygens (including phenoxy) is 1. The number of hydrogen-bond donors (Lipinski definition) is 1. The van der Waals surface area contributed by atoms with Crippen LogP contribution < -0.4 is 4.74 Å². The van der Waals surface area contributed by atoms with E-state index in [0.717, 1.165) is 56.5 Å². The molecule has 2 fully saturated rings. The molecule has 7 heteroatoms. The fourth-order valence-corrected chi connectivity index (χ4v) is 5.81. The lowest BCUT2D eigenvalue weighted by molar-refractivity contribution is 0.0728. The summed E-state index contributed by atoms with van der Waals surface area (Å²) in [5.41, 5.74) is 5.55. The van der Waals surface area contributed by atoms with Gasteiger partial charge in [-0.1, -0.05) is 42.0 Å². The van der Waals surface area contributed by atoms with Crippen LogP contribution in [0.2, 0.25) is 0 Å². The molecular formula is C27H26N4O2S. The maximum absolute atomic E-state index is 14.0. The van der Waals surface area contributed by atoms with Crippen molar-refractivity contribution in [1.29, 1.82) is 0 Å². The van der Waals surface area contributed by atoms with Gasteiger partial charge in [-0.15, -0.1) is 11.3 Å². The van der Waals surface area contributed by atoms with Gasteiger partial charge >= 0.3 is 0 Å². The molecule has 1 aliphatic heterocycles. The number of benzene rings is 2. The second-order valence-corrected chi connectivity index (χ2v) is 10.3. The molecule has 2 aromatic heterocycles. The van der Waals surface area contributed by atoms with E-state index in [9.17, 15) is 4.79 Å². The van der Waals surface area contributed by atoms with Gasteiger partial charge in [0.1, 0.15) is 17.3 Å². The van der Waals surface area contributed by atoms with Crippen molar-refractivity contribution in [3.05, 3.63) is 76.7 Å². The minimum atomic E-state index is -0.199. The van der Waals surface area contributed by atoms with Gasteiger partial charge in [0.05, 0.1) is 34.1 Å². The van der Waals surface area contributed by atoms with Crippen LogP contribution in [0.4, 0.5) is 0 Å². The Bertz CT molecular complexity index is 1410. The lowest BCUT2D eigenvalue weighted by Crippen LogP contribution is -2.31. The van der Waals surface area contributed by atoms with E-state index in [1.807, 2.05) is 23.1 Å². The summed E-state index contributed by atoms with van der Waals surface area (Å²) in [4.78, 5) is 29.9. The van der Waals surface area contributed by atoms with Gasteiger partial charge in [-0.2, -0.15) is 0 Å². The SMILES string of the molecule is C=C1C[C@@H](c2nc3ccc(OC)cc3[nH]2)N(C(=O)c2nc(C3CC3)sc2-c2ccc(C)cc2)C1. The van der Waals surface area contributed by atoms with Crippen molar-refractivity contribution in [2.45, 2.75) is 38.1 Å². The van der Waals surface area contributed by atoms with Crippen molar-refractivity contribution in [2.75, 3.05) is 13.7 Å². The Morgan fingerprint density at radius 1 is 1.18 bits per heavy atom. The minimum absolute atomic E-state index is 0.0552. The summed E-state index contributed by atoms with van der Waals surface area (Å²) in [5, 5.41) is 1.07. The molecule has 6 nitrogen and oxygen atoms in total. The Hall–Kier alpha value is -3.45. The summed E-state index contributed by atoms with van der Waals surface area (Å²) >= 11 is 1.66. The Labute approximate surface area is 202 Å². The Morgan fingerprint density at radius 3 is 2.71 bits per heavy atom. The predicted octanol–water partition coefficient (Wildman–Crippen LogP) is 6.02. The number of amides is 1. The summed E-state index contributed by atoms with van der Waals surface area (Å²) in [7, 11) is 1.65. The number of rotatable bonds is 5. The van der Waals surface area contributed by atoms with Gasteiger partial charge in [0.25, 0.3) is 5.91 Å². The molecule has 1 amide bonds. The lowest BCUT2D eigenvalue weighted by Gasteiger charge is -2.22. The van der Waals surface area contributed by atoms with E-state index >= 15 is 0 Å². The molecular weight excluding hydrogens is 444 g/mol. The molecule has 1 N–H and O–H groups in total. The van der Waals surface area contributed by atoms with Crippen molar-refractivity contribution in [3.8, 4) is 16.2 Å². The molecule has 1 atom stereocenters. The van der Waals surface area contributed by atoms with E-state index in [2.05, 4.69) is 42.8 Å². The number of aromatic nitrogens is 3. The normalized spacial score (nSPS) is 18.1. The molecule has 0 bridgehead atoms. The number of thiazole rings is 1. The summed E-state index contributed by atoms with van der Waals surface area (Å²) in [6.07, 6.45) is 2.99. The minimum Gasteiger partial charge on any atom is -0.497 e. The number of methoxy groups -OCH3 is 1. The Morgan fingerprint density at radius 2 is 1.97 bits per heavy atom. The number of imidazole rings is 1. The highest BCUT2D eigenvalue weighted by molar-refractivity contribution is 7.15. The van der Waals surface area contributed by atoms with Gasteiger partial charge in [0.2, 0.25) is 0 Å². The third-order valence-corrected chi connectivity index (χ3v) is 7.89. The number of nitrogens with one attached hydrogen (secondary N) is 1. The van der Waals surface area contributed by atoms with Gasteiger partial charge in [0, 0.05) is 18.5 Å². The van der Waals surface area contributed by atoms with E-state index in [1.54, 1.807) is 18.4 Å².